The summed E-state index contributed by atoms with van der Waals surface area (Å²) in [5.41, 5.74) is 10.2. The Labute approximate surface area is 381 Å². The van der Waals surface area contributed by atoms with Crippen LogP contribution in [-0.4, -0.2) is 34.8 Å². The van der Waals surface area contributed by atoms with Gasteiger partial charge in [-0.05, 0) is 102 Å². The van der Waals surface area contributed by atoms with Crippen molar-refractivity contribution in [3.63, 3.8) is 0 Å². The smallest absolute Gasteiger partial charge is 0.357 e. The van der Waals surface area contributed by atoms with Crippen molar-refractivity contribution >= 4 is 62.0 Å². The van der Waals surface area contributed by atoms with E-state index in [0.717, 1.165) is 71.6 Å². The van der Waals surface area contributed by atoms with Crippen LogP contribution in [-0.2, 0) is 33.0 Å². The van der Waals surface area contributed by atoms with E-state index < -0.39 is 4.92 Å². The number of benzene rings is 5. The molecule has 10 rings (SSSR count). The maximum Gasteiger partial charge on any atom is 2.00 e. The third kappa shape index (κ3) is 7.56. The summed E-state index contributed by atoms with van der Waals surface area (Å²) in [7, 11) is 0. The monoisotopic (exact) mass is 886 g/mol. The number of nitro benzene ring substituents is 1. The van der Waals surface area contributed by atoms with Crippen molar-refractivity contribution in [1.82, 2.24) is 39.9 Å². The molecule has 3 aromatic heterocycles. The van der Waals surface area contributed by atoms with Crippen molar-refractivity contribution in [1.29, 1.82) is 0 Å². The van der Waals surface area contributed by atoms with Crippen LogP contribution in [0.4, 0.5) is 5.69 Å². The summed E-state index contributed by atoms with van der Waals surface area (Å²) in [5, 5.41) is 14.6. The van der Waals surface area contributed by atoms with Gasteiger partial charge in [-0.2, -0.15) is 0 Å². The summed E-state index contributed by atoms with van der Waals surface area (Å²) < 4.78 is 0. The SMILES string of the molecule is CC(C)(C)c1ccc2c(c1)-c1nc-2nc2[n-]c(nc3nc(nc4[n-]c(n1)c1ccc(C(C)(C)C)cc41)-c1cc(C(C)(C)C)ccc1-3)c1cc(/C=C/c3ccc([N+](=O)[O-])cc3)ccc21.[Co+2]. The van der Waals surface area contributed by atoms with Crippen LogP contribution in [0, 0.1) is 10.1 Å². The van der Waals surface area contributed by atoms with E-state index in [4.69, 9.17) is 39.9 Å². The topological polar surface area (TPSA) is 149 Å². The Morgan fingerprint density at radius 1 is 0.438 bits per heavy atom. The van der Waals surface area contributed by atoms with Crippen LogP contribution in [0.2, 0.25) is 0 Å². The standard InChI is InChI=1S/C52H45N9O2.Co/c1-50(2,3)30-15-21-35-39(25-30)47-56-43(35)53-42-34-20-14-29(11-10-28-12-18-33(19-13-28)61(62)63)24-38(34)46(54-42)55-44-36-22-16-31(51(4,5)6)26-40(36)48(58-44)60-49-41-27-32(52(7,8)9)17-23-37(41)45(57-47)59-49;/h10-27H,1-9H3;/q-2;+2/b11-10+;. The van der Waals surface area contributed by atoms with Gasteiger partial charge in [-0.25, -0.2) is 9.97 Å². The van der Waals surface area contributed by atoms with Crippen LogP contribution in [0.25, 0.3) is 102 Å². The molecule has 5 aromatic carbocycles. The largest absolute Gasteiger partial charge is 2.00 e. The predicted molar refractivity (Wildman–Crippen MR) is 252 cm³/mol. The molecule has 0 unspecified atom stereocenters. The molecule has 0 aliphatic carbocycles. The van der Waals surface area contributed by atoms with Gasteiger partial charge in [-0.15, -0.1) is 0 Å². The molecule has 0 N–H and O–H groups in total. The fourth-order valence-electron chi connectivity index (χ4n) is 8.08. The molecule has 2 aliphatic rings. The van der Waals surface area contributed by atoms with E-state index in [1.165, 1.54) is 12.1 Å². The minimum Gasteiger partial charge on any atom is -0.357 e. The first-order valence-corrected chi connectivity index (χ1v) is 21.1. The summed E-state index contributed by atoms with van der Waals surface area (Å²) in [6.07, 6.45) is 3.89. The molecule has 0 saturated heterocycles. The summed E-state index contributed by atoms with van der Waals surface area (Å²) in [6.45, 7) is 19.8. The number of hydrogen-bond donors (Lipinski definition) is 0. The zero-order valence-electron chi connectivity index (χ0n) is 37.1. The Bertz CT molecular complexity index is 3440. The van der Waals surface area contributed by atoms with Crippen molar-refractivity contribution in [3.05, 3.63) is 135 Å². The van der Waals surface area contributed by atoms with E-state index in [1.54, 1.807) is 12.1 Å². The molecule has 12 heteroatoms. The van der Waals surface area contributed by atoms with Gasteiger partial charge in [0.2, 0.25) is 0 Å². The van der Waals surface area contributed by atoms with E-state index >= 15 is 0 Å². The molecule has 0 saturated carbocycles. The second-order valence-corrected chi connectivity index (χ2v) is 19.5. The Morgan fingerprint density at radius 2 is 0.812 bits per heavy atom. The Hall–Kier alpha value is -6.89. The third-order valence-corrected chi connectivity index (χ3v) is 11.9. The number of aromatic nitrogens is 8. The Morgan fingerprint density at radius 3 is 1.28 bits per heavy atom. The van der Waals surface area contributed by atoms with Crippen LogP contribution in [0.3, 0.4) is 0 Å². The van der Waals surface area contributed by atoms with E-state index in [2.05, 4.69) is 117 Å². The van der Waals surface area contributed by atoms with Crippen molar-refractivity contribution < 1.29 is 21.7 Å². The number of hydrogen-bond acceptors (Lipinski definition) is 8. The first kappa shape index (κ1) is 42.4. The second kappa shape index (κ2) is 15.1. The molecule has 8 bridgehead atoms. The zero-order valence-corrected chi connectivity index (χ0v) is 38.1. The van der Waals surface area contributed by atoms with Crippen molar-refractivity contribution in [2.45, 2.75) is 78.6 Å². The van der Waals surface area contributed by atoms with Gasteiger partial charge in [0.1, 0.15) is 0 Å². The first-order valence-electron chi connectivity index (χ1n) is 21.1. The average Bonchev–Trinajstić information content (AvgIpc) is 3.96. The molecule has 0 spiro atoms. The van der Waals surface area contributed by atoms with Gasteiger partial charge >= 0.3 is 16.8 Å². The maximum atomic E-state index is 11.2. The molecule has 0 amide bonds. The molecule has 2 aliphatic heterocycles. The minimum absolute atomic E-state index is 0. The molecule has 8 aromatic rings. The third-order valence-electron chi connectivity index (χ3n) is 11.9. The van der Waals surface area contributed by atoms with Crippen LogP contribution in [0.5, 0.6) is 0 Å². The number of nitro groups is 1. The summed E-state index contributed by atoms with van der Waals surface area (Å²) in [5.74, 6) is 2.00. The van der Waals surface area contributed by atoms with Crippen LogP contribution in [0.1, 0.15) is 90.1 Å². The molecule has 1 radical (unpaired) electrons. The Balaban J connectivity index is 0.00000518. The number of non-ortho nitro benzene ring substituents is 1. The fourth-order valence-corrected chi connectivity index (χ4v) is 8.08. The van der Waals surface area contributed by atoms with Crippen molar-refractivity contribution in [2.24, 2.45) is 0 Å². The molecule has 5 heterocycles. The van der Waals surface area contributed by atoms with Crippen molar-refractivity contribution in [2.75, 3.05) is 0 Å². The number of fused-ring (bicyclic) bond motifs is 20. The van der Waals surface area contributed by atoms with Gasteiger partial charge in [-0.3, -0.25) is 10.1 Å². The predicted octanol–water partition coefficient (Wildman–Crippen LogP) is 12.1. The van der Waals surface area contributed by atoms with Gasteiger partial charge < -0.3 is 29.9 Å². The van der Waals surface area contributed by atoms with Gasteiger partial charge in [-0.1, -0.05) is 123 Å². The molecule has 0 fully saturated rings. The number of rotatable bonds is 3. The maximum absolute atomic E-state index is 11.2. The normalized spacial score (nSPS) is 12.7. The van der Waals surface area contributed by atoms with Crippen LogP contribution >= 0.6 is 0 Å². The van der Waals surface area contributed by atoms with Crippen LogP contribution < -0.4 is 9.97 Å². The second-order valence-electron chi connectivity index (χ2n) is 19.5. The van der Waals surface area contributed by atoms with E-state index in [-0.39, 0.29) is 38.7 Å². The average molecular weight is 887 g/mol. The summed E-state index contributed by atoms with van der Waals surface area (Å²) in [6, 6.07) is 31.6. The van der Waals surface area contributed by atoms with E-state index in [9.17, 15) is 10.1 Å². The summed E-state index contributed by atoms with van der Waals surface area (Å²) >= 11 is 0. The van der Waals surface area contributed by atoms with E-state index in [0.29, 0.717) is 45.9 Å². The van der Waals surface area contributed by atoms with Crippen LogP contribution in [0.15, 0.2) is 97.1 Å². The Kier molecular flexibility index (Phi) is 10.0. The molecular formula is C52H45CoN9O2. The molecule has 64 heavy (non-hydrogen) atoms. The van der Waals surface area contributed by atoms with Crippen molar-refractivity contribution in [3.8, 4) is 45.6 Å². The van der Waals surface area contributed by atoms with Gasteiger partial charge in [0.05, 0.1) is 28.2 Å². The first-order chi connectivity index (χ1) is 29.9. The van der Waals surface area contributed by atoms with Gasteiger partial charge in [0.15, 0.2) is 0 Å². The van der Waals surface area contributed by atoms with Gasteiger partial charge in [0, 0.05) is 57.0 Å². The summed E-state index contributed by atoms with van der Waals surface area (Å²) in [4.78, 5) is 52.3. The zero-order chi connectivity index (χ0) is 44.2. The molecule has 11 nitrogen and oxygen atoms in total. The molecule has 0 atom stereocenters. The van der Waals surface area contributed by atoms with Gasteiger partial charge in [0.25, 0.3) is 5.69 Å². The quantitative estimate of drug-likeness (QED) is 0.0953. The minimum atomic E-state index is -0.401. The molecular weight excluding hydrogens is 842 g/mol. The molecule has 319 valence electrons. The fraction of sp³-hybridized carbons (Fsp3) is 0.231. The van der Waals surface area contributed by atoms with E-state index in [1.807, 2.05) is 30.4 Å². The number of nitrogens with zero attached hydrogens (tertiary/aromatic N) is 9.